The minimum absolute atomic E-state index is 0.0123. The molecule has 0 aliphatic carbocycles. The van der Waals surface area contributed by atoms with Crippen molar-refractivity contribution < 1.29 is 9.59 Å². The van der Waals surface area contributed by atoms with E-state index in [1.54, 1.807) is 12.1 Å². The predicted octanol–water partition coefficient (Wildman–Crippen LogP) is 2.42. The number of terminal acetylenes is 1. The molecule has 2 rings (SSSR count). The summed E-state index contributed by atoms with van der Waals surface area (Å²) in [7, 11) is 0. The maximum Gasteiger partial charge on any atom is 0.251 e. The number of aryl methyl sites for hydroxylation is 1. The van der Waals surface area contributed by atoms with E-state index in [4.69, 9.17) is 6.42 Å². The zero-order valence-electron chi connectivity index (χ0n) is 15.3. The SMILES string of the molecule is C#CCN1CCC(C(=O)Nc2ccc(C(=O)NC(C)C)c(C)c2)CC1. The van der Waals surface area contributed by atoms with E-state index in [9.17, 15) is 9.59 Å². The Balaban J connectivity index is 1.95. The maximum absolute atomic E-state index is 12.5. The summed E-state index contributed by atoms with van der Waals surface area (Å²) in [5.74, 6) is 2.61. The first-order chi connectivity index (χ1) is 11.9. The zero-order valence-corrected chi connectivity index (χ0v) is 15.3. The Bertz CT molecular complexity index is 668. The molecule has 1 heterocycles. The lowest BCUT2D eigenvalue weighted by Gasteiger charge is -2.29. The van der Waals surface area contributed by atoms with Crippen molar-refractivity contribution in [3.63, 3.8) is 0 Å². The third kappa shape index (κ3) is 5.33. The molecule has 0 spiro atoms. The van der Waals surface area contributed by atoms with Crippen molar-refractivity contribution in [2.45, 2.75) is 39.7 Å². The van der Waals surface area contributed by atoms with Gasteiger partial charge in [0.25, 0.3) is 5.91 Å². The summed E-state index contributed by atoms with van der Waals surface area (Å²) in [6.45, 7) is 8.09. The minimum atomic E-state index is -0.0914. The number of carbonyl (C=O) groups is 2. The van der Waals surface area contributed by atoms with Crippen LogP contribution in [0, 0.1) is 25.2 Å². The number of carbonyl (C=O) groups excluding carboxylic acids is 2. The first kappa shape index (κ1) is 19.0. The van der Waals surface area contributed by atoms with Gasteiger partial charge in [-0.3, -0.25) is 14.5 Å². The molecule has 5 heteroatoms. The van der Waals surface area contributed by atoms with Crippen molar-refractivity contribution in [1.82, 2.24) is 10.2 Å². The molecule has 0 atom stereocenters. The van der Waals surface area contributed by atoms with Crippen LogP contribution in [0.1, 0.15) is 42.6 Å². The molecule has 134 valence electrons. The number of likely N-dealkylation sites (tertiary alicyclic amines) is 1. The van der Waals surface area contributed by atoms with E-state index in [2.05, 4.69) is 21.5 Å². The molecule has 0 bridgehead atoms. The highest BCUT2D eigenvalue weighted by Crippen LogP contribution is 2.21. The van der Waals surface area contributed by atoms with Gasteiger partial charge in [-0.1, -0.05) is 5.92 Å². The second-order valence-corrected chi connectivity index (χ2v) is 6.90. The van der Waals surface area contributed by atoms with Crippen molar-refractivity contribution in [2.24, 2.45) is 5.92 Å². The summed E-state index contributed by atoms with van der Waals surface area (Å²) < 4.78 is 0. The quantitative estimate of drug-likeness (QED) is 0.809. The first-order valence-electron chi connectivity index (χ1n) is 8.79. The van der Waals surface area contributed by atoms with Gasteiger partial charge in [0.05, 0.1) is 6.54 Å². The number of nitrogens with zero attached hydrogens (tertiary/aromatic N) is 1. The number of anilines is 1. The van der Waals surface area contributed by atoms with E-state index >= 15 is 0 Å². The lowest BCUT2D eigenvalue weighted by molar-refractivity contribution is -0.121. The van der Waals surface area contributed by atoms with Gasteiger partial charge in [-0.05, 0) is 70.5 Å². The van der Waals surface area contributed by atoms with Crippen LogP contribution in [0.4, 0.5) is 5.69 Å². The second kappa shape index (κ2) is 8.68. The van der Waals surface area contributed by atoms with Crippen LogP contribution < -0.4 is 10.6 Å². The monoisotopic (exact) mass is 341 g/mol. The smallest absolute Gasteiger partial charge is 0.251 e. The van der Waals surface area contributed by atoms with Gasteiger partial charge in [-0.15, -0.1) is 6.42 Å². The van der Waals surface area contributed by atoms with Gasteiger partial charge in [-0.25, -0.2) is 0 Å². The lowest BCUT2D eigenvalue weighted by Crippen LogP contribution is -2.38. The average Bonchev–Trinajstić information content (AvgIpc) is 2.55. The molecule has 1 aliphatic rings. The van der Waals surface area contributed by atoms with Gasteiger partial charge < -0.3 is 10.6 Å². The van der Waals surface area contributed by atoms with Crippen molar-refractivity contribution in [3.8, 4) is 12.3 Å². The topological polar surface area (TPSA) is 61.4 Å². The molecular formula is C20H27N3O2. The van der Waals surface area contributed by atoms with E-state index in [0.29, 0.717) is 12.1 Å². The number of amides is 2. The molecule has 1 fully saturated rings. The zero-order chi connectivity index (χ0) is 18.4. The Morgan fingerprint density at radius 2 is 2.00 bits per heavy atom. The van der Waals surface area contributed by atoms with Gasteiger partial charge in [0.2, 0.25) is 5.91 Å². The molecule has 0 aromatic heterocycles. The van der Waals surface area contributed by atoms with Gasteiger partial charge in [0, 0.05) is 23.2 Å². The Morgan fingerprint density at radius 3 is 2.56 bits per heavy atom. The molecule has 2 N–H and O–H groups in total. The van der Waals surface area contributed by atoms with Crippen LogP contribution in [0.15, 0.2) is 18.2 Å². The number of hydrogen-bond donors (Lipinski definition) is 2. The summed E-state index contributed by atoms with van der Waals surface area (Å²) in [6, 6.07) is 5.48. The number of benzene rings is 1. The number of rotatable bonds is 5. The normalized spacial score (nSPS) is 15.6. The van der Waals surface area contributed by atoms with Crippen molar-refractivity contribution in [3.05, 3.63) is 29.3 Å². The van der Waals surface area contributed by atoms with Gasteiger partial charge in [0.15, 0.2) is 0 Å². The third-order valence-electron chi connectivity index (χ3n) is 4.43. The van der Waals surface area contributed by atoms with Crippen LogP contribution in [0.5, 0.6) is 0 Å². The standard InChI is InChI=1S/C20H27N3O2/c1-5-10-23-11-8-16(9-12-23)19(24)22-17-6-7-18(15(4)13-17)20(25)21-14(2)3/h1,6-7,13-14,16H,8-12H2,2-4H3,(H,21,25)(H,22,24). The van der Waals surface area contributed by atoms with Crippen LogP contribution in [0.2, 0.25) is 0 Å². The second-order valence-electron chi connectivity index (χ2n) is 6.90. The fraction of sp³-hybridized carbons (Fsp3) is 0.500. The molecule has 25 heavy (non-hydrogen) atoms. The Labute approximate surface area is 150 Å². The van der Waals surface area contributed by atoms with Crippen LogP contribution in [0.3, 0.4) is 0 Å². The summed E-state index contributed by atoms with van der Waals surface area (Å²) in [5.41, 5.74) is 2.21. The Hall–Kier alpha value is -2.32. The summed E-state index contributed by atoms with van der Waals surface area (Å²) in [4.78, 5) is 26.8. The van der Waals surface area contributed by atoms with E-state index in [-0.39, 0.29) is 23.8 Å². The number of piperidine rings is 1. The van der Waals surface area contributed by atoms with Gasteiger partial charge in [0.1, 0.15) is 0 Å². The van der Waals surface area contributed by atoms with Crippen molar-refractivity contribution in [2.75, 3.05) is 25.0 Å². The average molecular weight is 341 g/mol. The molecular weight excluding hydrogens is 314 g/mol. The Morgan fingerprint density at radius 1 is 1.32 bits per heavy atom. The minimum Gasteiger partial charge on any atom is -0.350 e. The molecule has 2 amide bonds. The first-order valence-corrected chi connectivity index (χ1v) is 8.79. The van der Waals surface area contributed by atoms with E-state index in [1.165, 1.54) is 0 Å². The summed E-state index contributed by atoms with van der Waals surface area (Å²) in [6.07, 6.45) is 6.97. The third-order valence-corrected chi connectivity index (χ3v) is 4.43. The highest BCUT2D eigenvalue weighted by Gasteiger charge is 2.24. The van der Waals surface area contributed by atoms with Gasteiger partial charge >= 0.3 is 0 Å². The van der Waals surface area contributed by atoms with E-state index in [1.807, 2.05) is 26.8 Å². The fourth-order valence-electron chi connectivity index (χ4n) is 3.06. The van der Waals surface area contributed by atoms with Crippen LogP contribution in [-0.2, 0) is 4.79 Å². The molecule has 1 aromatic carbocycles. The van der Waals surface area contributed by atoms with Gasteiger partial charge in [-0.2, -0.15) is 0 Å². The number of nitrogens with one attached hydrogen (secondary N) is 2. The molecule has 0 saturated carbocycles. The molecule has 5 nitrogen and oxygen atoms in total. The molecule has 0 unspecified atom stereocenters. The highest BCUT2D eigenvalue weighted by atomic mass is 16.2. The van der Waals surface area contributed by atoms with E-state index < -0.39 is 0 Å². The molecule has 1 aromatic rings. The molecule has 0 radical (unpaired) electrons. The van der Waals surface area contributed by atoms with Crippen LogP contribution in [-0.4, -0.2) is 42.4 Å². The predicted molar refractivity (Wildman–Crippen MR) is 100 cm³/mol. The van der Waals surface area contributed by atoms with Crippen molar-refractivity contribution >= 4 is 17.5 Å². The Kier molecular flexibility index (Phi) is 6.60. The summed E-state index contributed by atoms with van der Waals surface area (Å²) >= 11 is 0. The fourth-order valence-corrected chi connectivity index (χ4v) is 3.06. The molecule has 1 aliphatic heterocycles. The summed E-state index contributed by atoms with van der Waals surface area (Å²) in [5, 5.41) is 5.86. The lowest BCUT2D eigenvalue weighted by atomic mass is 9.95. The van der Waals surface area contributed by atoms with Crippen LogP contribution >= 0.6 is 0 Å². The largest absolute Gasteiger partial charge is 0.350 e. The number of hydrogen-bond acceptors (Lipinski definition) is 3. The molecule has 1 saturated heterocycles. The highest BCUT2D eigenvalue weighted by molar-refractivity contribution is 5.97. The maximum atomic E-state index is 12.5. The van der Waals surface area contributed by atoms with Crippen LogP contribution in [0.25, 0.3) is 0 Å². The van der Waals surface area contributed by atoms with E-state index in [0.717, 1.165) is 37.2 Å². The van der Waals surface area contributed by atoms with Crippen molar-refractivity contribution in [1.29, 1.82) is 0 Å².